The molecule has 3 aromatic rings. The van der Waals surface area contributed by atoms with Gasteiger partial charge in [-0.15, -0.1) is 0 Å². The number of rotatable bonds is 4. The molecule has 0 bridgehead atoms. The van der Waals surface area contributed by atoms with Crippen LogP contribution in [0.1, 0.15) is 13.3 Å². The van der Waals surface area contributed by atoms with E-state index in [1.165, 1.54) is 0 Å². The van der Waals surface area contributed by atoms with Gasteiger partial charge in [-0.25, -0.2) is 4.98 Å². The second kappa shape index (κ2) is 5.87. The minimum atomic E-state index is 0.546. The molecule has 0 aliphatic rings. The number of hydrogen-bond donors (Lipinski definition) is 2. The summed E-state index contributed by atoms with van der Waals surface area (Å²) in [5.74, 6) is 0.551. The minimum Gasteiger partial charge on any atom is -0.354 e. The van der Waals surface area contributed by atoms with Crippen molar-refractivity contribution in [2.24, 2.45) is 0 Å². The summed E-state index contributed by atoms with van der Waals surface area (Å²) in [4.78, 5) is 8.96. The van der Waals surface area contributed by atoms with E-state index in [0.717, 1.165) is 29.6 Å². The third kappa shape index (κ3) is 2.80. The molecule has 21 heavy (non-hydrogen) atoms. The van der Waals surface area contributed by atoms with Gasteiger partial charge in [0.1, 0.15) is 0 Å². The van der Waals surface area contributed by atoms with E-state index in [1.807, 2.05) is 6.07 Å². The fourth-order valence-electron chi connectivity index (χ4n) is 2.04. The third-order valence-electron chi connectivity index (χ3n) is 3.03. The first-order chi connectivity index (χ1) is 10.2. The average Bonchev–Trinajstić information content (AvgIpc) is 2.93. The summed E-state index contributed by atoms with van der Waals surface area (Å²) in [5, 5.41) is 12.0. The van der Waals surface area contributed by atoms with Crippen molar-refractivity contribution in [2.45, 2.75) is 13.3 Å². The summed E-state index contributed by atoms with van der Waals surface area (Å²) in [6.45, 7) is 2.88. The molecule has 3 rings (SSSR count). The number of halogens is 2. The Kier molecular flexibility index (Phi) is 3.94. The molecule has 0 radical (unpaired) electrons. The number of fused-ring (bicyclic) bond motifs is 1. The molecule has 0 aliphatic heterocycles. The van der Waals surface area contributed by atoms with Crippen LogP contribution in [0.3, 0.4) is 0 Å². The van der Waals surface area contributed by atoms with Crippen LogP contribution in [0.5, 0.6) is 0 Å². The molecule has 108 valence electrons. The maximum atomic E-state index is 6.29. The van der Waals surface area contributed by atoms with Crippen molar-refractivity contribution in [3.8, 4) is 11.3 Å². The lowest BCUT2D eigenvalue weighted by molar-refractivity contribution is 0.955. The van der Waals surface area contributed by atoms with Gasteiger partial charge in [0.25, 0.3) is 0 Å². The van der Waals surface area contributed by atoms with Crippen molar-refractivity contribution in [3.05, 3.63) is 34.4 Å². The molecule has 0 unspecified atom stereocenters. The predicted octanol–water partition coefficient (Wildman–Crippen LogP) is 4.15. The molecular formula is C14H13Cl2N5. The Labute approximate surface area is 131 Å². The van der Waals surface area contributed by atoms with Gasteiger partial charge in [-0.3, -0.25) is 5.10 Å². The van der Waals surface area contributed by atoms with Gasteiger partial charge in [-0.2, -0.15) is 10.1 Å². The number of hydrogen-bond acceptors (Lipinski definition) is 4. The van der Waals surface area contributed by atoms with Crippen molar-refractivity contribution in [3.63, 3.8) is 0 Å². The van der Waals surface area contributed by atoms with Crippen molar-refractivity contribution >= 4 is 40.2 Å². The van der Waals surface area contributed by atoms with Crippen LogP contribution in [-0.2, 0) is 0 Å². The van der Waals surface area contributed by atoms with E-state index in [0.29, 0.717) is 21.6 Å². The lowest BCUT2D eigenvalue weighted by Crippen LogP contribution is -2.05. The van der Waals surface area contributed by atoms with Crippen LogP contribution in [0.15, 0.2) is 24.4 Å². The van der Waals surface area contributed by atoms with Gasteiger partial charge >= 0.3 is 0 Å². The monoisotopic (exact) mass is 321 g/mol. The van der Waals surface area contributed by atoms with Gasteiger partial charge in [-0.1, -0.05) is 30.1 Å². The summed E-state index contributed by atoms with van der Waals surface area (Å²) >= 11 is 12.2. The van der Waals surface area contributed by atoms with Crippen molar-refractivity contribution < 1.29 is 0 Å². The molecule has 5 nitrogen and oxygen atoms in total. The Bertz CT molecular complexity index is 784. The Morgan fingerprint density at radius 1 is 1.24 bits per heavy atom. The minimum absolute atomic E-state index is 0.546. The Morgan fingerprint density at radius 2 is 2.10 bits per heavy atom. The van der Waals surface area contributed by atoms with Gasteiger partial charge in [0.2, 0.25) is 5.95 Å². The number of aromatic nitrogens is 4. The maximum Gasteiger partial charge on any atom is 0.225 e. The molecule has 0 saturated heterocycles. The van der Waals surface area contributed by atoms with Crippen LogP contribution >= 0.6 is 23.2 Å². The van der Waals surface area contributed by atoms with E-state index in [2.05, 4.69) is 32.4 Å². The maximum absolute atomic E-state index is 6.29. The highest BCUT2D eigenvalue weighted by molar-refractivity contribution is 6.36. The molecule has 0 aliphatic carbocycles. The van der Waals surface area contributed by atoms with Crippen molar-refractivity contribution in [1.82, 2.24) is 20.2 Å². The smallest absolute Gasteiger partial charge is 0.225 e. The first kappa shape index (κ1) is 14.1. The number of benzene rings is 1. The van der Waals surface area contributed by atoms with Gasteiger partial charge < -0.3 is 5.32 Å². The number of aromatic amines is 1. The average molecular weight is 322 g/mol. The zero-order valence-electron chi connectivity index (χ0n) is 11.3. The quantitative estimate of drug-likeness (QED) is 0.757. The summed E-state index contributed by atoms with van der Waals surface area (Å²) in [7, 11) is 0. The molecule has 2 N–H and O–H groups in total. The molecule has 0 fully saturated rings. The Balaban J connectivity index is 2.17. The number of nitrogens with one attached hydrogen (secondary N) is 2. The van der Waals surface area contributed by atoms with Crippen molar-refractivity contribution in [2.75, 3.05) is 11.9 Å². The molecule has 1 aromatic carbocycles. The molecule has 2 heterocycles. The van der Waals surface area contributed by atoms with E-state index in [4.69, 9.17) is 23.2 Å². The predicted molar refractivity (Wildman–Crippen MR) is 85.9 cm³/mol. The summed E-state index contributed by atoms with van der Waals surface area (Å²) < 4.78 is 0. The third-order valence-corrected chi connectivity index (χ3v) is 3.58. The van der Waals surface area contributed by atoms with E-state index < -0.39 is 0 Å². The zero-order valence-corrected chi connectivity index (χ0v) is 12.8. The molecule has 0 atom stereocenters. The first-order valence-corrected chi connectivity index (χ1v) is 7.35. The molecule has 7 heteroatoms. The molecule has 0 spiro atoms. The lowest BCUT2D eigenvalue weighted by Gasteiger charge is -2.08. The van der Waals surface area contributed by atoms with Crippen LogP contribution < -0.4 is 5.32 Å². The van der Waals surface area contributed by atoms with Crippen molar-refractivity contribution in [1.29, 1.82) is 0 Å². The molecular weight excluding hydrogens is 309 g/mol. The molecule has 0 amide bonds. The summed E-state index contributed by atoms with van der Waals surface area (Å²) in [6, 6.07) is 5.34. The topological polar surface area (TPSA) is 66.5 Å². The molecule has 0 saturated carbocycles. The van der Waals surface area contributed by atoms with Gasteiger partial charge in [0, 0.05) is 17.1 Å². The fraction of sp³-hybridized carbons (Fsp3) is 0.214. The van der Waals surface area contributed by atoms with Gasteiger partial charge in [0.15, 0.2) is 5.65 Å². The highest BCUT2D eigenvalue weighted by atomic mass is 35.5. The Morgan fingerprint density at radius 3 is 2.86 bits per heavy atom. The van der Waals surface area contributed by atoms with E-state index in [1.54, 1.807) is 18.3 Å². The second-order valence-electron chi connectivity index (χ2n) is 4.58. The summed E-state index contributed by atoms with van der Waals surface area (Å²) in [5.41, 5.74) is 2.20. The van der Waals surface area contributed by atoms with Gasteiger partial charge in [-0.05, 0) is 24.6 Å². The fourth-order valence-corrected chi connectivity index (χ4v) is 2.54. The first-order valence-electron chi connectivity index (χ1n) is 6.59. The normalized spacial score (nSPS) is 11.0. The highest BCUT2D eigenvalue weighted by Crippen LogP contribution is 2.33. The van der Waals surface area contributed by atoms with Crippen LogP contribution in [0.4, 0.5) is 5.95 Å². The SMILES string of the molecule is CCCNc1nc(-c2ccc(Cl)cc2Cl)c2cn[nH]c2n1. The van der Waals surface area contributed by atoms with Crippen LogP contribution in [0.25, 0.3) is 22.3 Å². The van der Waals surface area contributed by atoms with E-state index in [9.17, 15) is 0 Å². The van der Waals surface area contributed by atoms with Gasteiger partial charge in [0.05, 0.1) is 22.3 Å². The number of H-pyrrole nitrogens is 1. The van der Waals surface area contributed by atoms with Crippen LogP contribution in [0, 0.1) is 0 Å². The van der Waals surface area contributed by atoms with E-state index in [-0.39, 0.29) is 0 Å². The lowest BCUT2D eigenvalue weighted by atomic mass is 10.1. The van der Waals surface area contributed by atoms with Crippen LogP contribution in [-0.4, -0.2) is 26.7 Å². The van der Waals surface area contributed by atoms with E-state index >= 15 is 0 Å². The highest BCUT2D eigenvalue weighted by Gasteiger charge is 2.14. The number of anilines is 1. The largest absolute Gasteiger partial charge is 0.354 e. The second-order valence-corrected chi connectivity index (χ2v) is 5.42. The zero-order chi connectivity index (χ0) is 14.8. The standard InChI is InChI=1S/C14H13Cl2N5/c1-2-5-17-14-19-12(10-7-18-21-13(10)20-14)9-4-3-8(15)6-11(9)16/h3-4,6-7H,2,5H2,1H3,(H2,17,18,19,20,21). The number of nitrogens with zero attached hydrogens (tertiary/aromatic N) is 3. The van der Waals surface area contributed by atoms with Crippen LogP contribution in [0.2, 0.25) is 10.0 Å². The molecule has 2 aromatic heterocycles. The summed E-state index contributed by atoms with van der Waals surface area (Å²) in [6.07, 6.45) is 2.68. The Hall–Kier alpha value is -1.85.